The summed E-state index contributed by atoms with van der Waals surface area (Å²) < 4.78 is 22.5. The van der Waals surface area contributed by atoms with E-state index in [-0.39, 0.29) is 10.8 Å². The van der Waals surface area contributed by atoms with Crippen molar-refractivity contribution in [3.8, 4) is 11.5 Å². The highest BCUT2D eigenvalue weighted by atomic mass is 16.7. The van der Waals surface area contributed by atoms with Gasteiger partial charge in [0.2, 0.25) is 12.1 Å². The van der Waals surface area contributed by atoms with E-state index in [9.17, 15) is 0 Å². The standard InChI is InChI=1S/C50H82N4O2/c1-14-37-31-39(38(25-23-29-53(15-2,16-3)17-4)26-24-30-54(18-5,19-6)20-7)32-40-35-51-44-27-21-22-28-45(44)52-36-41-33-42(48(8,9)10)34-43(49(11,12)13)47(41)56-50(51,52)55-46(37)40/h31-36,38,44-45H,14-30H2,1-13H3/q+4. The van der Waals surface area contributed by atoms with Crippen LogP contribution in [-0.4, -0.2) is 101 Å². The first kappa shape index (κ1) is 42.9. The zero-order chi connectivity index (χ0) is 40.7. The molecule has 0 aromatic heterocycles. The molecule has 4 aliphatic rings. The van der Waals surface area contributed by atoms with Gasteiger partial charge in [-0.2, -0.15) is 0 Å². The van der Waals surface area contributed by atoms with E-state index in [0.29, 0.717) is 18.0 Å². The topological polar surface area (TPSA) is 24.5 Å². The van der Waals surface area contributed by atoms with Crippen molar-refractivity contribution in [3.63, 3.8) is 0 Å². The second kappa shape index (κ2) is 16.5. The third kappa shape index (κ3) is 7.88. The van der Waals surface area contributed by atoms with E-state index in [2.05, 4.69) is 136 Å². The first-order chi connectivity index (χ1) is 26.6. The van der Waals surface area contributed by atoms with Gasteiger partial charge in [0.15, 0.2) is 23.9 Å². The molecule has 1 saturated heterocycles. The number of fused-ring (bicyclic) bond motifs is 5. The predicted octanol–water partition coefficient (Wildman–Crippen LogP) is 10.5. The summed E-state index contributed by atoms with van der Waals surface area (Å²) >= 11 is 0. The van der Waals surface area contributed by atoms with Crippen molar-refractivity contribution >= 4 is 12.4 Å². The Hall–Kier alpha value is -2.70. The van der Waals surface area contributed by atoms with Crippen molar-refractivity contribution in [2.75, 3.05) is 52.4 Å². The Bertz CT molecular complexity index is 1730. The normalized spacial score (nSPS) is 22.0. The molecular weight excluding hydrogens is 689 g/mol. The molecule has 3 heterocycles. The van der Waals surface area contributed by atoms with E-state index >= 15 is 0 Å². The molecule has 6 heteroatoms. The van der Waals surface area contributed by atoms with Crippen LogP contribution in [0.3, 0.4) is 0 Å². The van der Waals surface area contributed by atoms with Gasteiger partial charge in [0.25, 0.3) is 0 Å². The summed E-state index contributed by atoms with van der Waals surface area (Å²) in [7, 11) is 0. The van der Waals surface area contributed by atoms with Gasteiger partial charge in [-0.05, 0) is 132 Å². The number of nitrogens with zero attached hydrogens (tertiary/aromatic N) is 4. The van der Waals surface area contributed by atoms with E-state index in [1.165, 1.54) is 133 Å². The number of aryl methyl sites for hydroxylation is 1. The average Bonchev–Trinajstić information content (AvgIpc) is 3.46. The molecule has 2 fully saturated rings. The summed E-state index contributed by atoms with van der Waals surface area (Å²) in [6.45, 7) is 40.5. The molecule has 1 saturated carbocycles. The molecule has 2 aromatic carbocycles. The third-order valence-electron chi connectivity index (χ3n) is 15.3. The lowest BCUT2D eigenvalue weighted by Crippen LogP contribution is -2.60. The van der Waals surface area contributed by atoms with Gasteiger partial charge in [-0.3, -0.25) is 0 Å². The van der Waals surface area contributed by atoms with Crippen molar-refractivity contribution in [2.24, 2.45) is 0 Å². The van der Waals surface area contributed by atoms with Gasteiger partial charge in [0.05, 0.1) is 63.5 Å². The quantitative estimate of drug-likeness (QED) is 0.125. The average molecular weight is 771 g/mol. The van der Waals surface area contributed by atoms with Crippen LogP contribution in [0, 0.1) is 0 Å². The zero-order valence-electron chi connectivity index (χ0n) is 38.3. The molecule has 0 N–H and O–H groups in total. The Morgan fingerprint density at radius 3 is 1.57 bits per heavy atom. The van der Waals surface area contributed by atoms with E-state index in [1.54, 1.807) is 0 Å². The maximum absolute atomic E-state index is 7.52. The molecule has 2 aromatic rings. The van der Waals surface area contributed by atoms with Crippen LogP contribution in [0.4, 0.5) is 0 Å². The molecule has 3 atom stereocenters. The smallest absolute Gasteiger partial charge is 0.340 e. The van der Waals surface area contributed by atoms with Crippen LogP contribution < -0.4 is 9.47 Å². The van der Waals surface area contributed by atoms with E-state index in [4.69, 9.17) is 9.47 Å². The van der Waals surface area contributed by atoms with Crippen molar-refractivity contribution in [2.45, 2.75) is 183 Å². The van der Waals surface area contributed by atoms with Crippen molar-refractivity contribution < 1.29 is 27.6 Å². The Kier molecular flexibility index (Phi) is 12.6. The van der Waals surface area contributed by atoms with E-state index in [1.807, 2.05) is 0 Å². The number of benzene rings is 2. The van der Waals surface area contributed by atoms with Crippen LogP contribution in [0.5, 0.6) is 11.5 Å². The fourth-order valence-corrected chi connectivity index (χ4v) is 10.9. The molecule has 1 aliphatic carbocycles. The van der Waals surface area contributed by atoms with Gasteiger partial charge >= 0.3 is 6.03 Å². The Morgan fingerprint density at radius 1 is 0.643 bits per heavy atom. The first-order valence-corrected chi connectivity index (χ1v) is 23.3. The van der Waals surface area contributed by atoms with Crippen LogP contribution in [-0.2, 0) is 17.3 Å². The van der Waals surface area contributed by atoms with Crippen LogP contribution in [0.25, 0.3) is 0 Å². The summed E-state index contributed by atoms with van der Waals surface area (Å²) in [5.74, 6) is 2.55. The second-order valence-electron chi connectivity index (χ2n) is 20.1. The lowest BCUT2D eigenvalue weighted by Gasteiger charge is -2.37. The monoisotopic (exact) mass is 771 g/mol. The highest BCUT2D eigenvalue weighted by molar-refractivity contribution is 5.85. The van der Waals surface area contributed by atoms with Crippen LogP contribution in [0.15, 0.2) is 24.3 Å². The summed E-state index contributed by atoms with van der Waals surface area (Å²) in [5, 5.41) is 0. The Morgan fingerprint density at radius 2 is 1.12 bits per heavy atom. The highest BCUT2D eigenvalue weighted by Gasteiger charge is 2.76. The highest BCUT2D eigenvalue weighted by Crippen LogP contribution is 2.49. The molecule has 3 aliphatic heterocycles. The van der Waals surface area contributed by atoms with Gasteiger partial charge < -0.3 is 18.4 Å². The molecule has 0 amide bonds. The zero-order valence-corrected chi connectivity index (χ0v) is 38.3. The SMILES string of the molecule is CCc1cc(C(CCC[N+](CC)(CC)CC)CCC[N+](CC)(CC)CC)cc2c1OC13Oc4c(cc(C(C)(C)C)cc4C(C)(C)C)C=[N+]1C1CCCCC1[N+]3=C2. The van der Waals surface area contributed by atoms with Crippen molar-refractivity contribution in [1.29, 1.82) is 0 Å². The number of ether oxygens (including phenoxy) is 2. The lowest BCUT2D eigenvalue weighted by molar-refractivity contribution is -0.923. The minimum absolute atomic E-state index is 0.0383. The van der Waals surface area contributed by atoms with E-state index < -0.39 is 6.03 Å². The summed E-state index contributed by atoms with van der Waals surface area (Å²) in [6.07, 6.45) is 15.7. The van der Waals surface area contributed by atoms with Crippen molar-refractivity contribution in [3.05, 3.63) is 57.6 Å². The molecule has 310 valence electrons. The lowest BCUT2D eigenvalue weighted by atomic mass is 9.79. The molecule has 3 unspecified atom stereocenters. The minimum atomic E-state index is -1.02. The molecule has 56 heavy (non-hydrogen) atoms. The molecule has 6 rings (SSSR count). The van der Waals surface area contributed by atoms with Crippen molar-refractivity contribution in [1.82, 2.24) is 0 Å². The summed E-state index contributed by atoms with van der Waals surface area (Å²) in [4.78, 5) is 0. The fraction of sp³-hybridized carbons (Fsp3) is 0.720. The second-order valence-corrected chi connectivity index (χ2v) is 20.1. The van der Waals surface area contributed by atoms with Gasteiger partial charge in [-0.25, -0.2) is 0 Å². The Labute approximate surface area is 343 Å². The molecule has 1 spiro atoms. The largest absolute Gasteiger partial charge is 0.704 e. The van der Waals surface area contributed by atoms with Crippen LogP contribution in [0.2, 0.25) is 0 Å². The Balaban J connectivity index is 1.43. The summed E-state index contributed by atoms with van der Waals surface area (Å²) in [5.41, 5.74) is 7.84. The predicted molar refractivity (Wildman–Crippen MR) is 235 cm³/mol. The van der Waals surface area contributed by atoms with Gasteiger partial charge in [0.1, 0.15) is 0 Å². The third-order valence-corrected chi connectivity index (χ3v) is 15.3. The van der Waals surface area contributed by atoms with Gasteiger partial charge in [-0.15, -0.1) is 0 Å². The number of hydrogen-bond donors (Lipinski definition) is 0. The number of rotatable bonds is 16. The molecule has 0 bridgehead atoms. The maximum atomic E-state index is 7.52. The first-order valence-electron chi connectivity index (χ1n) is 23.3. The summed E-state index contributed by atoms with van der Waals surface area (Å²) in [6, 6.07) is 9.54. The molecular formula is C50H82N4O2+4. The van der Waals surface area contributed by atoms with Gasteiger partial charge in [0, 0.05) is 18.4 Å². The van der Waals surface area contributed by atoms with Gasteiger partial charge in [-0.1, -0.05) is 69.7 Å². The van der Waals surface area contributed by atoms with Crippen LogP contribution >= 0.6 is 0 Å². The van der Waals surface area contributed by atoms with Crippen LogP contribution in [0.1, 0.15) is 181 Å². The molecule has 0 radical (unpaired) electrons. The number of hydrogen-bond acceptors (Lipinski definition) is 2. The fourth-order valence-electron chi connectivity index (χ4n) is 10.9. The minimum Gasteiger partial charge on any atom is -0.340 e. The maximum Gasteiger partial charge on any atom is 0.704 e. The molecule has 6 nitrogen and oxygen atoms in total. The number of quaternary nitrogens is 2. The van der Waals surface area contributed by atoms with E-state index in [0.717, 1.165) is 30.8 Å².